The molecule has 0 unspecified atom stereocenters. The zero-order valence-corrected chi connectivity index (χ0v) is 21.3. The number of rotatable bonds is 6. The summed E-state index contributed by atoms with van der Waals surface area (Å²) in [4.78, 5) is 29.4. The lowest BCUT2D eigenvalue weighted by Crippen LogP contribution is -2.29. The van der Waals surface area contributed by atoms with Crippen LogP contribution in [0.5, 0.6) is 5.75 Å². The van der Waals surface area contributed by atoms with Gasteiger partial charge in [0.05, 0.1) is 23.2 Å². The van der Waals surface area contributed by atoms with Crippen LogP contribution in [0.2, 0.25) is 0 Å². The summed E-state index contributed by atoms with van der Waals surface area (Å²) in [6.07, 6.45) is 7.53. The van der Waals surface area contributed by atoms with E-state index in [2.05, 4.69) is 59.2 Å². The highest BCUT2D eigenvalue weighted by Crippen LogP contribution is 2.33. The monoisotopic (exact) mass is 514 g/mol. The van der Waals surface area contributed by atoms with Gasteiger partial charge in [0.1, 0.15) is 11.5 Å². The van der Waals surface area contributed by atoms with Crippen LogP contribution >= 0.6 is 0 Å². The molecule has 0 bridgehead atoms. The molecule has 1 aromatic heterocycles. The van der Waals surface area contributed by atoms with E-state index in [1.165, 1.54) is 5.56 Å². The van der Waals surface area contributed by atoms with Crippen LogP contribution in [0.4, 0.5) is 0 Å². The highest BCUT2D eigenvalue weighted by molar-refractivity contribution is 6.42. The first-order chi connectivity index (χ1) is 19.0. The van der Waals surface area contributed by atoms with Crippen LogP contribution in [0, 0.1) is 12.8 Å². The third-order valence-corrected chi connectivity index (χ3v) is 6.85. The lowest BCUT2D eigenvalue weighted by atomic mass is 9.95. The molecule has 2 aliphatic rings. The number of nitrogens with one attached hydrogen (secondary N) is 2. The van der Waals surface area contributed by atoms with E-state index >= 15 is 0 Å². The molecule has 2 amide bonds. The summed E-state index contributed by atoms with van der Waals surface area (Å²) in [6, 6.07) is 26.0. The second kappa shape index (κ2) is 10.4. The zero-order valence-electron chi connectivity index (χ0n) is 21.3. The van der Waals surface area contributed by atoms with Crippen molar-refractivity contribution < 1.29 is 14.3 Å². The number of hydrogen-bond acceptors (Lipinski definition) is 5. The van der Waals surface area contributed by atoms with Gasteiger partial charge < -0.3 is 10.1 Å². The number of carbonyl (C=O) groups excluding carboxylic acids is 2. The average molecular weight is 515 g/mol. The van der Waals surface area contributed by atoms with Gasteiger partial charge in [0.2, 0.25) is 0 Å². The summed E-state index contributed by atoms with van der Waals surface area (Å²) >= 11 is 0. The quantitative estimate of drug-likeness (QED) is 0.356. The number of amides is 2. The molecule has 39 heavy (non-hydrogen) atoms. The van der Waals surface area contributed by atoms with Crippen molar-refractivity contribution in [2.24, 2.45) is 11.0 Å². The van der Waals surface area contributed by atoms with Gasteiger partial charge in [0.25, 0.3) is 11.8 Å². The molecule has 0 spiro atoms. The molecule has 3 aromatic carbocycles. The Kier molecular flexibility index (Phi) is 6.47. The molecule has 1 aliphatic heterocycles. The largest absolute Gasteiger partial charge is 0.484 e. The molecule has 1 saturated heterocycles. The highest BCUT2D eigenvalue weighted by atomic mass is 16.5. The van der Waals surface area contributed by atoms with E-state index in [4.69, 9.17) is 9.72 Å². The van der Waals surface area contributed by atoms with Gasteiger partial charge in [-0.25, -0.2) is 10.4 Å². The predicted octanol–water partition coefficient (Wildman–Crippen LogP) is 4.97. The summed E-state index contributed by atoms with van der Waals surface area (Å²) < 4.78 is 5.66. The molecule has 7 nitrogen and oxygen atoms in total. The van der Waals surface area contributed by atoms with Crippen molar-refractivity contribution in [3.8, 4) is 28.1 Å². The molecule has 0 radical (unpaired) electrons. The second-order valence-electron chi connectivity index (χ2n) is 9.58. The summed E-state index contributed by atoms with van der Waals surface area (Å²) in [7, 11) is 0. The van der Waals surface area contributed by atoms with Crippen LogP contribution in [0.3, 0.4) is 0 Å². The Morgan fingerprint density at radius 1 is 0.974 bits per heavy atom. The van der Waals surface area contributed by atoms with E-state index < -0.39 is 5.91 Å². The Labute approximate surface area is 225 Å². The van der Waals surface area contributed by atoms with E-state index in [1.54, 1.807) is 0 Å². The van der Waals surface area contributed by atoms with E-state index in [-0.39, 0.29) is 30.2 Å². The number of nitrogens with zero attached hydrogens (tertiary/aromatic N) is 2. The van der Waals surface area contributed by atoms with Gasteiger partial charge in [-0.05, 0) is 60.5 Å². The second-order valence-corrected chi connectivity index (χ2v) is 9.58. The van der Waals surface area contributed by atoms with Crippen molar-refractivity contribution in [1.82, 2.24) is 15.7 Å². The third-order valence-electron chi connectivity index (χ3n) is 6.85. The Bertz CT molecular complexity index is 1660. The van der Waals surface area contributed by atoms with Gasteiger partial charge in [-0.3, -0.25) is 9.59 Å². The molecule has 2 N–H and O–H groups in total. The van der Waals surface area contributed by atoms with Crippen molar-refractivity contribution in [3.63, 3.8) is 0 Å². The van der Waals surface area contributed by atoms with E-state index in [0.717, 1.165) is 33.3 Å². The van der Waals surface area contributed by atoms with Crippen molar-refractivity contribution in [3.05, 3.63) is 109 Å². The van der Waals surface area contributed by atoms with Crippen LogP contribution < -0.4 is 15.5 Å². The number of ether oxygens (including phenoxy) is 1. The summed E-state index contributed by atoms with van der Waals surface area (Å²) in [5.74, 6) is -0.380. The van der Waals surface area contributed by atoms with Gasteiger partial charge in [-0.1, -0.05) is 66.3 Å². The molecule has 6 rings (SSSR count). The number of carbonyl (C=O) groups is 2. The van der Waals surface area contributed by atoms with E-state index in [1.807, 2.05) is 66.8 Å². The lowest BCUT2D eigenvalue weighted by Gasteiger charge is -2.13. The van der Waals surface area contributed by atoms with Gasteiger partial charge in [0, 0.05) is 10.9 Å². The zero-order chi connectivity index (χ0) is 26.8. The molecular formula is C32H26N4O3. The van der Waals surface area contributed by atoms with E-state index in [0.29, 0.717) is 5.75 Å². The van der Waals surface area contributed by atoms with Crippen LogP contribution in [-0.2, 0) is 9.59 Å². The maximum Gasteiger partial charge on any atom is 0.277 e. The van der Waals surface area contributed by atoms with Gasteiger partial charge >= 0.3 is 0 Å². The third kappa shape index (κ3) is 5.07. The first kappa shape index (κ1) is 24.3. The molecule has 0 saturated carbocycles. The SMILES string of the molecule is Cc1ccc2nc(-c3ccc(OCC(=O)N/N=C4/C(=O)N[C@@H]5C=CC=C[C@@H]45)cc3)cc(-c3ccccc3)c2c1. The lowest BCUT2D eigenvalue weighted by molar-refractivity contribution is -0.123. The Morgan fingerprint density at radius 2 is 1.77 bits per heavy atom. The Hall–Kier alpha value is -5.04. The first-order valence-electron chi connectivity index (χ1n) is 12.8. The normalized spacial score (nSPS) is 18.7. The fourth-order valence-corrected chi connectivity index (χ4v) is 4.88. The molecule has 192 valence electrons. The number of pyridine rings is 1. The molecular weight excluding hydrogens is 488 g/mol. The highest BCUT2D eigenvalue weighted by Gasteiger charge is 2.37. The van der Waals surface area contributed by atoms with Crippen molar-refractivity contribution >= 4 is 28.4 Å². The summed E-state index contributed by atoms with van der Waals surface area (Å²) in [6.45, 7) is 1.85. The number of allylic oxidation sites excluding steroid dienone is 2. The van der Waals surface area contributed by atoms with Crippen molar-refractivity contribution in [1.29, 1.82) is 0 Å². The smallest absolute Gasteiger partial charge is 0.277 e. The fourth-order valence-electron chi connectivity index (χ4n) is 4.88. The number of hydrogen-bond donors (Lipinski definition) is 2. The minimum absolute atomic E-state index is 0.127. The summed E-state index contributed by atoms with van der Waals surface area (Å²) in [5, 5.41) is 8.00. The topological polar surface area (TPSA) is 92.7 Å². The van der Waals surface area contributed by atoms with E-state index in [9.17, 15) is 9.59 Å². The molecule has 1 fully saturated rings. The number of hydrazone groups is 1. The number of aryl methyl sites for hydroxylation is 1. The van der Waals surface area contributed by atoms with Crippen LogP contribution in [0.1, 0.15) is 5.56 Å². The molecule has 2 atom stereocenters. The fraction of sp³-hybridized carbons (Fsp3) is 0.125. The molecule has 7 heteroatoms. The van der Waals surface area contributed by atoms with Gasteiger partial charge in [0.15, 0.2) is 6.61 Å². The minimum atomic E-state index is -0.447. The van der Waals surface area contributed by atoms with Crippen LogP contribution in [0.15, 0.2) is 108 Å². The number of aromatic nitrogens is 1. The Balaban J connectivity index is 1.16. The maximum absolute atomic E-state index is 12.3. The molecule has 4 aromatic rings. The standard InChI is InChI=1S/C32H26N4O3/c1-20-11-16-28-26(17-20)25(21-7-3-2-4-8-21)18-29(33-28)22-12-14-23(15-13-22)39-19-30(37)35-36-31-24-9-5-6-10-27(24)34-32(31)38/h2-18,24,27H,19H2,1H3,(H,34,38)(H,35,37)/b36-31+/t24-,27-/m1/s1. The van der Waals surface area contributed by atoms with Crippen molar-refractivity contribution in [2.75, 3.05) is 6.61 Å². The van der Waals surface area contributed by atoms with Gasteiger partial charge in [-0.2, -0.15) is 5.10 Å². The number of fused-ring (bicyclic) bond motifs is 2. The minimum Gasteiger partial charge on any atom is -0.484 e. The molecule has 2 heterocycles. The van der Waals surface area contributed by atoms with Crippen LogP contribution in [0.25, 0.3) is 33.3 Å². The summed E-state index contributed by atoms with van der Waals surface area (Å²) in [5.41, 5.74) is 8.88. The predicted molar refractivity (Wildman–Crippen MR) is 152 cm³/mol. The average Bonchev–Trinajstić information content (AvgIpc) is 3.29. The number of benzene rings is 3. The van der Waals surface area contributed by atoms with Crippen LogP contribution in [-0.4, -0.2) is 35.2 Å². The maximum atomic E-state index is 12.3. The van der Waals surface area contributed by atoms with Crippen molar-refractivity contribution in [2.45, 2.75) is 13.0 Å². The first-order valence-corrected chi connectivity index (χ1v) is 12.8. The van der Waals surface area contributed by atoms with Gasteiger partial charge in [-0.15, -0.1) is 0 Å². The molecule has 1 aliphatic carbocycles. The Morgan fingerprint density at radius 3 is 2.59 bits per heavy atom.